The lowest BCUT2D eigenvalue weighted by Gasteiger charge is -2.11. The molecule has 10 heteroatoms. The van der Waals surface area contributed by atoms with Crippen LogP contribution < -0.4 is 16.0 Å². The minimum absolute atomic E-state index is 0.0839. The van der Waals surface area contributed by atoms with Gasteiger partial charge in [0.1, 0.15) is 6.54 Å². The Bertz CT molecular complexity index is 1100. The molecule has 3 N–H and O–H groups in total. The molecule has 2 heterocycles. The van der Waals surface area contributed by atoms with Gasteiger partial charge in [0.25, 0.3) is 5.91 Å². The van der Waals surface area contributed by atoms with E-state index in [1.165, 1.54) is 10.9 Å². The zero-order chi connectivity index (χ0) is 23.0. The highest BCUT2D eigenvalue weighted by Gasteiger charge is 2.17. The van der Waals surface area contributed by atoms with E-state index in [4.69, 9.17) is 0 Å². The molecule has 0 radical (unpaired) electrons. The molecule has 1 aromatic carbocycles. The molecule has 3 aromatic rings. The summed E-state index contributed by atoms with van der Waals surface area (Å²) in [6.07, 6.45) is 12.9. The van der Waals surface area contributed by atoms with Gasteiger partial charge in [0.15, 0.2) is 0 Å². The Hall–Kier alpha value is -3.95. The summed E-state index contributed by atoms with van der Waals surface area (Å²) >= 11 is 0. The van der Waals surface area contributed by atoms with Crippen LogP contribution in [0.2, 0.25) is 0 Å². The van der Waals surface area contributed by atoms with Crippen molar-refractivity contribution in [1.82, 2.24) is 24.6 Å². The third kappa shape index (κ3) is 6.52. The molecule has 0 unspecified atom stereocenters. The van der Waals surface area contributed by atoms with Crippen LogP contribution in [0.3, 0.4) is 0 Å². The Kier molecular flexibility index (Phi) is 7.13. The molecule has 10 nitrogen and oxygen atoms in total. The van der Waals surface area contributed by atoms with Crippen LogP contribution in [0, 0.1) is 0 Å². The monoisotopic (exact) mass is 449 g/mol. The molecule has 1 aliphatic carbocycles. The van der Waals surface area contributed by atoms with Crippen molar-refractivity contribution in [3.05, 3.63) is 60.9 Å². The molecule has 4 rings (SSSR count). The van der Waals surface area contributed by atoms with E-state index in [2.05, 4.69) is 26.0 Å². The van der Waals surface area contributed by atoms with Crippen molar-refractivity contribution < 1.29 is 14.4 Å². The number of hydrogen-bond donors (Lipinski definition) is 3. The number of carbonyl (C=O) groups is 3. The zero-order valence-electron chi connectivity index (χ0n) is 18.2. The SMILES string of the molecule is O=C(CCn1ccnc1)Nc1cccc(C(=O)Nc2cnn(CC(=O)NC3CCCC3)c2)c1. The second-order valence-corrected chi connectivity index (χ2v) is 8.11. The standard InChI is InChI=1S/C23H27N7O3/c31-21(8-10-29-11-9-24-16-29)27-19-7-3-4-17(12-19)23(33)28-20-13-25-30(14-20)15-22(32)26-18-5-1-2-6-18/h3-4,7,9,11-14,16,18H,1-2,5-6,8,10,15H2,(H,26,32)(H,27,31)(H,28,33). The zero-order valence-corrected chi connectivity index (χ0v) is 18.2. The topological polar surface area (TPSA) is 123 Å². The minimum atomic E-state index is -0.334. The first-order valence-corrected chi connectivity index (χ1v) is 11.0. The average Bonchev–Trinajstić information content (AvgIpc) is 3.56. The molecule has 1 saturated carbocycles. The molecule has 3 amide bonds. The van der Waals surface area contributed by atoms with E-state index in [1.54, 1.807) is 49.2 Å². The van der Waals surface area contributed by atoms with Crippen LogP contribution in [0.25, 0.3) is 0 Å². The van der Waals surface area contributed by atoms with Gasteiger partial charge in [-0.1, -0.05) is 18.9 Å². The van der Waals surface area contributed by atoms with Crippen molar-refractivity contribution in [2.75, 3.05) is 10.6 Å². The summed E-state index contributed by atoms with van der Waals surface area (Å²) in [7, 11) is 0. The van der Waals surface area contributed by atoms with Crippen molar-refractivity contribution >= 4 is 29.1 Å². The largest absolute Gasteiger partial charge is 0.352 e. The molecule has 1 fully saturated rings. The number of benzene rings is 1. The number of rotatable bonds is 9. The third-order valence-corrected chi connectivity index (χ3v) is 5.48. The van der Waals surface area contributed by atoms with Crippen molar-refractivity contribution in [1.29, 1.82) is 0 Å². The average molecular weight is 450 g/mol. The fourth-order valence-electron chi connectivity index (χ4n) is 3.82. The van der Waals surface area contributed by atoms with Gasteiger partial charge in [-0.05, 0) is 31.0 Å². The van der Waals surface area contributed by atoms with Gasteiger partial charge in [0.2, 0.25) is 11.8 Å². The lowest BCUT2D eigenvalue weighted by atomic mass is 10.2. The number of imidazole rings is 1. The number of hydrogen-bond acceptors (Lipinski definition) is 5. The summed E-state index contributed by atoms with van der Waals surface area (Å²) < 4.78 is 3.32. The maximum atomic E-state index is 12.6. The first-order valence-electron chi connectivity index (χ1n) is 11.0. The number of nitrogens with zero attached hydrogens (tertiary/aromatic N) is 4. The molecule has 33 heavy (non-hydrogen) atoms. The molecule has 172 valence electrons. The normalized spacial score (nSPS) is 13.6. The van der Waals surface area contributed by atoms with E-state index in [9.17, 15) is 14.4 Å². The van der Waals surface area contributed by atoms with E-state index in [1.807, 2.05) is 4.57 Å². The predicted octanol–water partition coefficient (Wildman–Crippen LogP) is 2.42. The lowest BCUT2D eigenvalue weighted by Crippen LogP contribution is -2.35. The van der Waals surface area contributed by atoms with Gasteiger partial charge >= 0.3 is 0 Å². The van der Waals surface area contributed by atoms with E-state index in [0.717, 1.165) is 25.7 Å². The third-order valence-electron chi connectivity index (χ3n) is 5.48. The Morgan fingerprint density at radius 3 is 2.70 bits per heavy atom. The van der Waals surface area contributed by atoms with E-state index >= 15 is 0 Å². The van der Waals surface area contributed by atoms with Crippen LogP contribution in [0.1, 0.15) is 42.5 Å². The second-order valence-electron chi connectivity index (χ2n) is 8.11. The van der Waals surface area contributed by atoms with Gasteiger partial charge < -0.3 is 20.5 Å². The Labute approximate surface area is 191 Å². The molecule has 0 spiro atoms. The molecular formula is C23H27N7O3. The number of amides is 3. The highest BCUT2D eigenvalue weighted by atomic mass is 16.2. The summed E-state index contributed by atoms with van der Waals surface area (Å²) in [5.74, 6) is -0.572. The number of nitrogens with one attached hydrogen (secondary N) is 3. The summed E-state index contributed by atoms with van der Waals surface area (Å²) in [6, 6.07) is 6.97. The summed E-state index contributed by atoms with van der Waals surface area (Å²) in [6.45, 7) is 0.627. The van der Waals surface area contributed by atoms with Crippen LogP contribution >= 0.6 is 0 Å². The summed E-state index contributed by atoms with van der Waals surface area (Å²) in [5, 5.41) is 12.7. The van der Waals surface area contributed by atoms with Gasteiger partial charge in [-0.25, -0.2) is 4.98 Å². The van der Waals surface area contributed by atoms with E-state index < -0.39 is 0 Å². The van der Waals surface area contributed by atoms with E-state index in [0.29, 0.717) is 29.9 Å². The molecular weight excluding hydrogens is 422 g/mol. The molecule has 0 aliphatic heterocycles. The number of aromatic nitrogens is 4. The maximum absolute atomic E-state index is 12.6. The second kappa shape index (κ2) is 10.6. The van der Waals surface area contributed by atoms with Gasteiger partial charge in [-0.15, -0.1) is 0 Å². The van der Waals surface area contributed by atoms with Crippen LogP contribution in [0.5, 0.6) is 0 Å². The predicted molar refractivity (Wildman–Crippen MR) is 122 cm³/mol. The molecule has 0 saturated heterocycles. The summed E-state index contributed by atoms with van der Waals surface area (Å²) in [4.78, 5) is 40.9. The quantitative estimate of drug-likeness (QED) is 0.463. The maximum Gasteiger partial charge on any atom is 0.255 e. The van der Waals surface area contributed by atoms with Gasteiger partial charge in [-0.2, -0.15) is 5.10 Å². The van der Waals surface area contributed by atoms with E-state index in [-0.39, 0.29) is 30.3 Å². The highest BCUT2D eigenvalue weighted by Crippen LogP contribution is 2.18. The summed E-state index contributed by atoms with van der Waals surface area (Å²) in [5.41, 5.74) is 1.43. The number of anilines is 2. The fourth-order valence-corrected chi connectivity index (χ4v) is 3.82. The van der Waals surface area contributed by atoms with Gasteiger partial charge in [-0.3, -0.25) is 19.1 Å². The molecule has 2 aromatic heterocycles. The first kappa shape index (κ1) is 22.3. The molecule has 1 aliphatic rings. The smallest absolute Gasteiger partial charge is 0.255 e. The molecule has 0 atom stereocenters. The lowest BCUT2D eigenvalue weighted by molar-refractivity contribution is -0.122. The van der Waals surface area contributed by atoms with Crippen molar-refractivity contribution in [2.24, 2.45) is 0 Å². The van der Waals surface area contributed by atoms with Crippen LogP contribution in [0.4, 0.5) is 11.4 Å². The Balaban J connectivity index is 1.27. The first-order chi connectivity index (χ1) is 16.0. The van der Waals surface area contributed by atoms with Crippen molar-refractivity contribution in [3.63, 3.8) is 0 Å². The Morgan fingerprint density at radius 1 is 1.06 bits per heavy atom. The van der Waals surface area contributed by atoms with Crippen molar-refractivity contribution in [3.8, 4) is 0 Å². The van der Waals surface area contributed by atoms with Crippen LogP contribution in [-0.4, -0.2) is 43.1 Å². The van der Waals surface area contributed by atoms with Crippen LogP contribution in [0.15, 0.2) is 55.4 Å². The van der Waals surface area contributed by atoms with Crippen molar-refractivity contribution in [2.45, 2.75) is 51.2 Å². The highest BCUT2D eigenvalue weighted by molar-refractivity contribution is 6.05. The minimum Gasteiger partial charge on any atom is -0.352 e. The van der Waals surface area contributed by atoms with Gasteiger partial charge in [0.05, 0.1) is 18.2 Å². The fraction of sp³-hybridized carbons (Fsp3) is 0.348. The van der Waals surface area contributed by atoms with Gasteiger partial charge in [0, 0.05) is 48.8 Å². The van der Waals surface area contributed by atoms with Crippen LogP contribution in [-0.2, 0) is 22.7 Å². The number of carbonyl (C=O) groups excluding carboxylic acids is 3. The Morgan fingerprint density at radius 2 is 1.91 bits per heavy atom. The molecule has 0 bridgehead atoms. The number of aryl methyl sites for hydroxylation is 1.